The highest BCUT2D eigenvalue weighted by molar-refractivity contribution is 5.67. The van der Waals surface area contributed by atoms with Crippen molar-refractivity contribution in [2.75, 3.05) is 27.2 Å². The molecule has 0 saturated carbocycles. The van der Waals surface area contributed by atoms with Crippen LogP contribution in [0.5, 0.6) is 5.75 Å². The molecule has 1 fully saturated rings. The minimum absolute atomic E-state index is 0.291. The Hall–Kier alpha value is -1.75. The Bertz CT molecular complexity index is 537. The predicted octanol–water partition coefficient (Wildman–Crippen LogP) is 3.60. The molecule has 1 heterocycles. The fraction of sp³-hybridized carbons (Fsp3) is 0.632. The van der Waals surface area contributed by atoms with E-state index in [4.69, 9.17) is 9.47 Å². The number of carbonyl (C=O) groups excluding carboxylic acids is 1. The Balaban J connectivity index is 2.04. The lowest BCUT2D eigenvalue weighted by atomic mass is 9.85. The smallest absolute Gasteiger partial charge is 0.407 e. The van der Waals surface area contributed by atoms with Crippen molar-refractivity contribution in [1.82, 2.24) is 10.2 Å². The number of methoxy groups -OCH3 is 1. The third-order valence-corrected chi connectivity index (χ3v) is 4.37. The molecule has 0 bridgehead atoms. The lowest BCUT2D eigenvalue weighted by Crippen LogP contribution is -2.42. The summed E-state index contributed by atoms with van der Waals surface area (Å²) in [5, 5.41) is 2.94. The van der Waals surface area contributed by atoms with Gasteiger partial charge in [0.2, 0.25) is 0 Å². The van der Waals surface area contributed by atoms with Crippen molar-refractivity contribution in [2.45, 2.75) is 45.3 Å². The molecule has 0 radical (unpaired) electrons. The summed E-state index contributed by atoms with van der Waals surface area (Å²) in [6.45, 7) is 7.32. The zero-order valence-corrected chi connectivity index (χ0v) is 15.5. The van der Waals surface area contributed by atoms with Crippen molar-refractivity contribution in [3.63, 3.8) is 0 Å². The zero-order chi connectivity index (χ0) is 17.7. The first-order valence-corrected chi connectivity index (χ1v) is 8.61. The molecule has 0 aliphatic carbocycles. The molecule has 1 N–H and O–H groups in total. The van der Waals surface area contributed by atoms with Crippen LogP contribution < -0.4 is 10.1 Å². The SMILES string of the molecule is COc1ccc(C2C(CNC(=O)OC(C)(C)C)CCCN2C)cc1. The number of ether oxygens (including phenoxy) is 2. The van der Waals surface area contributed by atoms with E-state index in [0.29, 0.717) is 18.5 Å². The molecule has 1 aromatic rings. The molecular formula is C19H30N2O3. The molecular weight excluding hydrogens is 304 g/mol. The minimum atomic E-state index is -0.469. The summed E-state index contributed by atoms with van der Waals surface area (Å²) in [6, 6.07) is 8.52. The first-order valence-electron chi connectivity index (χ1n) is 8.61. The summed E-state index contributed by atoms with van der Waals surface area (Å²) < 4.78 is 10.6. The van der Waals surface area contributed by atoms with E-state index < -0.39 is 5.60 Å². The molecule has 1 saturated heterocycles. The summed E-state index contributed by atoms with van der Waals surface area (Å²) in [5.74, 6) is 1.23. The van der Waals surface area contributed by atoms with Gasteiger partial charge in [-0.25, -0.2) is 4.79 Å². The normalized spacial score (nSPS) is 22.0. The first kappa shape index (κ1) is 18.6. The van der Waals surface area contributed by atoms with Gasteiger partial charge >= 0.3 is 6.09 Å². The molecule has 2 rings (SSSR count). The lowest BCUT2D eigenvalue weighted by molar-refractivity contribution is 0.0486. The second kappa shape index (κ2) is 7.88. The molecule has 1 aromatic carbocycles. The van der Waals surface area contributed by atoms with Crippen LogP contribution in [0.25, 0.3) is 0 Å². The highest BCUT2D eigenvalue weighted by Crippen LogP contribution is 2.35. The standard InChI is InChI=1S/C19H30N2O3/c1-19(2,3)24-18(22)20-13-15-7-6-12-21(4)17(15)14-8-10-16(23-5)11-9-14/h8-11,15,17H,6-7,12-13H2,1-5H3,(H,20,22). The predicted molar refractivity (Wildman–Crippen MR) is 95.3 cm³/mol. The number of nitrogens with zero attached hydrogens (tertiary/aromatic N) is 1. The number of rotatable bonds is 4. The van der Waals surface area contributed by atoms with Gasteiger partial charge in [0.05, 0.1) is 7.11 Å². The van der Waals surface area contributed by atoms with E-state index in [1.165, 1.54) is 5.56 Å². The third-order valence-electron chi connectivity index (χ3n) is 4.37. The van der Waals surface area contributed by atoms with E-state index in [2.05, 4.69) is 29.4 Å². The number of nitrogens with one attached hydrogen (secondary N) is 1. The van der Waals surface area contributed by atoms with Crippen LogP contribution in [-0.2, 0) is 4.74 Å². The van der Waals surface area contributed by atoms with Gasteiger partial charge in [-0.2, -0.15) is 0 Å². The van der Waals surface area contributed by atoms with Crippen LogP contribution >= 0.6 is 0 Å². The number of carbonyl (C=O) groups is 1. The quantitative estimate of drug-likeness (QED) is 0.914. The van der Waals surface area contributed by atoms with Crippen molar-refractivity contribution < 1.29 is 14.3 Å². The van der Waals surface area contributed by atoms with Gasteiger partial charge in [0.25, 0.3) is 0 Å². The van der Waals surface area contributed by atoms with Crippen molar-refractivity contribution in [2.24, 2.45) is 5.92 Å². The van der Waals surface area contributed by atoms with Crippen LogP contribution in [0.1, 0.15) is 45.2 Å². The molecule has 134 valence electrons. The Labute approximate surface area is 145 Å². The summed E-state index contributed by atoms with van der Waals surface area (Å²) >= 11 is 0. The fourth-order valence-electron chi connectivity index (χ4n) is 3.33. The van der Waals surface area contributed by atoms with E-state index in [1.807, 2.05) is 32.9 Å². The Morgan fingerprint density at radius 2 is 1.96 bits per heavy atom. The molecule has 1 amide bonds. The van der Waals surface area contributed by atoms with Gasteiger partial charge in [-0.15, -0.1) is 0 Å². The van der Waals surface area contributed by atoms with Gasteiger partial charge in [0.1, 0.15) is 11.4 Å². The van der Waals surface area contributed by atoms with Crippen LogP contribution in [0.3, 0.4) is 0 Å². The summed E-state index contributed by atoms with van der Waals surface area (Å²) in [4.78, 5) is 14.3. The number of piperidine rings is 1. The van der Waals surface area contributed by atoms with Crippen LogP contribution in [0.2, 0.25) is 0 Å². The van der Waals surface area contributed by atoms with Crippen molar-refractivity contribution in [3.8, 4) is 5.75 Å². The number of amides is 1. The van der Waals surface area contributed by atoms with Gasteiger partial charge in [0.15, 0.2) is 0 Å². The van der Waals surface area contributed by atoms with E-state index in [9.17, 15) is 4.79 Å². The van der Waals surface area contributed by atoms with Crippen molar-refractivity contribution in [1.29, 1.82) is 0 Å². The average Bonchev–Trinajstić information content (AvgIpc) is 2.51. The van der Waals surface area contributed by atoms with E-state index >= 15 is 0 Å². The third kappa shape index (κ3) is 5.13. The van der Waals surface area contributed by atoms with Crippen LogP contribution in [0, 0.1) is 5.92 Å². The monoisotopic (exact) mass is 334 g/mol. The van der Waals surface area contributed by atoms with E-state index in [0.717, 1.165) is 25.1 Å². The van der Waals surface area contributed by atoms with Gasteiger partial charge in [-0.3, -0.25) is 4.90 Å². The molecule has 2 atom stereocenters. The van der Waals surface area contributed by atoms with Gasteiger partial charge in [0, 0.05) is 12.6 Å². The Kier molecular flexibility index (Phi) is 6.10. The summed E-state index contributed by atoms with van der Waals surface area (Å²) in [6.07, 6.45) is 1.89. The Morgan fingerprint density at radius 3 is 2.54 bits per heavy atom. The largest absolute Gasteiger partial charge is 0.497 e. The molecule has 1 aliphatic rings. The van der Waals surface area contributed by atoms with Gasteiger partial charge < -0.3 is 14.8 Å². The van der Waals surface area contributed by atoms with E-state index in [1.54, 1.807) is 7.11 Å². The maximum absolute atomic E-state index is 11.9. The molecule has 0 aromatic heterocycles. The van der Waals surface area contributed by atoms with E-state index in [-0.39, 0.29) is 6.09 Å². The van der Waals surface area contributed by atoms with Gasteiger partial charge in [-0.05, 0) is 70.8 Å². The lowest BCUT2D eigenvalue weighted by Gasteiger charge is -2.39. The fourth-order valence-corrected chi connectivity index (χ4v) is 3.33. The number of likely N-dealkylation sites (tertiary alicyclic amines) is 1. The number of benzene rings is 1. The first-order chi connectivity index (χ1) is 11.3. The molecule has 24 heavy (non-hydrogen) atoms. The number of hydrogen-bond acceptors (Lipinski definition) is 4. The second-order valence-electron chi connectivity index (χ2n) is 7.48. The van der Waals surface area contributed by atoms with Crippen molar-refractivity contribution >= 4 is 6.09 Å². The number of alkyl carbamates (subject to hydrolysis) is 1. The summed E-state index contributed by atoms with van der Waals surface area (Å²) in [7, 11) is 3.82. The molecule has 2 unspecified atom stereocenters. The molecule has 5 nitrogen and oxygen atoms in total. The topological polar surface area (TPSA) is 50.8 Å². The molecule has 1 aliphatic heterocycles. The van der Waals surface area contributed by atoms with Crippen LogP contribution in [-0.4, -0.2) is 43.8 Å². The Morgan fingerprint density at radius 1 is 1.29 bits per heavy atom. The maximum Gasteiger partial charge on any atom is 0.407 e. The molecule has 0 spiro atoms. The number of hydrogen-bond donors (Lipinski definition) is 1. The maximum atomic E-state index is 11.9. The second-order valence-corrected chi connectivity index (χ2v) is 7.48. The van der Waals surface area contributed by atoms with Crippen LogP contribution in [0.4, 0.5) is 4.79 Å². The highest BCUT2D eigenvalue weighted by atomic mass is 16.6. The van der Waals surface area contributed by atoms with Crippen molar-refractivity contribution in [3.05, 3.63) is 29.8 Å². The summed E-state index contributed by atoms with van der Waals surface area (Å²) in [5.41, 5.74) is 0.789. The zero-order valence-electron chi connectivity index (χ0n) is 15.5. The average molecular weight is 334 g/mol. The minimum Gasteiger partial charge on any atom is -0.497 e. The van der Waals surface area contributed by atoms with Gasteiger partial charge in [-0.1, -0.05) is 12.1 Å². The molecule has 5 heteroatoms. The van der Waals surface area contributed by atoms with Crippen LogP contribution in [0.15, 0.2) is 24.3 Å². The highest BCUT2D eigenvalue weighted by Gasteiger charge is 2.31.